The van der Waals surface area contributed by atoms with E-state index in [-0.39, 0.29) is 6.54 Å². The number of rotatable bonds is 7. The number of carbonyl (C=O) groups excluding carboxylic acids is 2. The fraction of sp³-hybridized carbons (Fsp3) is 0.385. The van der Waals surface area contributed by atoms with E-state index < -0.39 is 37.2 Å². The van der Waals surface area contributed by atoms with Gasteiger partial charge in [0.2, 0.25) is 11.8 Å². The van der Waals surface area contributed by atoms with Crippen LogP contribution in [0.1, 0.15) is 11.6 Å². The lowest BCUT2D eigenvalue weighted by molar-refractivity contribution is -0.131. The van der Waals surface area contributed by atoms with E-state index in [0.717, 1.165) is 0 Å². The van der Waals surface area contributed by atoms with Crippen molar-refractivity contribution in [2.45, 2.75) is 12.1 Å². The largest absolute Gasteiger partial charge is 0.394 e. The summed E-state index contributed by atoms with van der Waals surface area (Å²) < 4.78 is 0. The first-order valence-corrected chi connectivity index (χ1v) is 6.07. The smallest absolute Gasteiger partial charge is 0.250 e. The van der Waals surface area contributed by atoms with Crippen molar-refractivity contribution >= 4 is 11.8 Å². The summed E-state index contributed by atoms with van der Waals surface area (Å²) in [5.74, 6) is -1.36. The Kier molecular flexibility index (Phi) is 6.65. The van der Waals surface area contributed by atoms with E-state index in [0.29, 0.717) is 5.56 Å². The van der Waals surface area contributed by atoms with Gasteiger partial charge in [-0.1, -0.05) is 30.3 Å². The Balaban J connectivity index is 2.77. The van der Waals surface area contributed by atoms with E-state index in [4.69, 9.17) is 5.11 Å². The van der Waals surface area contributed by atoms with E-state index in [1.54, 1.807) is 30.3 Å². The molecule has 0 aliphatic rings. The van der Waals surface area contributed by atoms with Crippen LogP contribution in [0.4, 0.5) is 0 Å². The molecule has 0 heterocycles. The number of nitrogens with one attached hydrogen (secondary N) is 2. The van der Waals surface area contributed by atoms with Crippen LogP contribution in [0.3, 0.4) is 0 Å². The molecule has 1 radical (unpaired) electrons. The molecule has 109 valence electrons. The van der Waals surface area contributed by atoms with Crippen molar-refractivity contribution in [3.63, 3.8) is 0 Å². The van der Waals surface area contributed by atoms with Gasteiger partial charge in [0.15, 0.2) is 6.61 Å². The van der Waals surface area contributed by atoms with Crippen molar-refractivity contribution in [2.24, 2.45) is 0 Å². The van der Waals surface area contributed by atoms with Crippen LogP contribution in [0.5, 0.6) is 0 Å². The molecule has 0 saturated heterocycles. The van der Waals surface area contributed by atoms with Gasteiger partial charge in [0.1, 0.15) is 6.04 Å². The van der Waals surface area contributed by atoms with Crippen LogP contribution in [-0.2, 0) is 14.7 Å². The molecule has 1 rings (SSSR count). The average Bonchev–Trinajstić information content (AvgIpc) is 2.50. The molecule has 2 atom stereocenters. The SMILES string of the molecule is [O]CC(=O)N[C@@H](C(=O)NCC(O)CO)c1ccccc1. The number of hydrogen-bond acceptors (Lipinski definition) is 4. The van der Waals surface area contributed by atoms with E-state index in [1.165, 1.54) is 0 Å². The number of amides is 2. The molecule has 0 spiro atoms. The summed E-state index contributed by atoms with van der Waals surface area (Å²) >= 11 is 0. The molecule has 0 aliphatic carbocycles. The van der Waals surface area contributed by atoms with Crippen LogP contribution in [0, 0.1) is 0 Å². The van der Waals surface area contributed by atoms with E-state index in [1.807, 2.05) is 0 Å². The highest BCUT2D eigenvalue weighted by Gasteiger charge is 2.22. The average molecular weight is 281 g/mol. The van der Waals surface area contributed by atoms with Crippen molar-refractivity contribution in [3.05, 3.63) is 35.9 Å². The third kappa shape index (κ3) is 4.96. The van der Waals surface area contributed by atoms with Gasteiger partial charge < -0.3 is 20.8 Å². The Morgan fingerprint density at radius 2 is 1.85 bits per heavy atom. The van der Waals surface area contributed by atoms with Gasteiger partial charge in [-0.25, -0.2) is 5.11 Å². The second-order valence-corrected chi connectivity index (χ2v) is 4.14. The van der Waals surface area contributed by atoms with Gasteiger partial charge >= 0.3 is 0 Å². The minimum Gasteiger partial charge on any atom is -0.394 e. The third-order valence-electron chi connectivity index (χ3n) is 2.55. The molecule has 20 heavy (non-hydrogen) atoms. The first-order chi connectivity index (χ1) is 9.58. The molecule has 1 unspecified atom stereocenters. The predicted molar refractivity (Wildman–Crippen MR) is 69.0 cm³/mol. The normalized spacial score (nSPS) is 13.3. The molecule has 7 nitrogen and oxygen atoms in total. The van der Waals surface area contributed by atoms with Crippen molar-refractivity contribution < 1.29 is 24.9 Å². The summed E-state index contributed by atoms with van der Waals surface area (Å²) in [5, 5.41) is 33.1. The van der Waals surface area contributed by atoms with Gasteiger partial charge in [-0.05, 0) is 5.56 Å². The van der Waals surface area contributed by atoms with Crippen molar-refractivity contribution in [2.75, 3.05) is 19.8 Å². The topological polar surface area (TPSA) is 119 Å². The second-order valence-electron chi connectivity index (χ2n) is 4.14. The summed E-state index contributed by atoms with van der Waals surface area (Å²) in [4.78, 5) is 23.2. The molecule has 2 amide bonds. The predicted octanol–water partition coefficient (Wildman–Crippen LogP) is -1.26. The monoisotopic (exact) mass is 281 g/mol. The van der Waals surface area contributed by atoms with E-state index in [2.05, 4.69) is 10.6 Å². The minimum atomic E-state index is -1.08. The summed E-state index contributed by atoms with van der Waals surface area (Å²) in [7, 11) is 0. The van der Waals surface area contributed by atoms with Crippen LogP contribution >= 0.6 is 0 Å². The molecule has 0 bridgehead atoms. The van der Waals surface area contributed by atoms with E-state index in [9.17, 15) is 19.8 Å². The van der Waals surface area contributed by atoms with Gasteiger partial charge in [-0.15, -0.1) is 0 Å². The first-order valence-electron chi connectivity index (χ1n) is 6.07. The highest BCUT2D eigenvalue weighted by Crippen LogP contribution is 2.12. The number of carbonyl (C=O) groups is 2. The zero-order chi connectivity index (χ0) is 15.0. The second kappa shape index (κ2) is 8.26. The maximum Gasteiger partial charge on any atom is 0.250 e. The van der Waals surface area contributed by atoms with Crippen molar-refractivity contribution in [3.8, 4) is 0 Å². The number of aliphatic hydroxyl groups is 2. The number of aliphatic hydroxyl groups excluding tert-OH is 2. The van der Waals surface area contributed by atoms with Crippen molar-refractivity contribution in [1.82, 2.24) is 10.6 Å². The zero-order valence-electron chi connectivity index (χ0n) is 10.8. The van der Waals surface area contributed by atoms with Gasteiger partial charge in [0, 0.05) is 6.54 Å². The molecular formula is C13H17N2O5. The summed E-state index contributed by atoms with van der Waals surface area (Å²) in [5.41, 5.74) is 0.519. The molecule has 0 aromatic heterocycles. The molecule has 1 aromatic rings. The number of benzene rings is 1. The number of hydrogen-bond donors (Lipinski definition) is 4. The van der Waals surface area contributed by atoms with Crippen LogP contribution in [0.2, 0.25) is 0 Å². The van der Waals surface area contributed by atoms with Crippen LogP contribution in [0.15, 0.2) is 30.3 Å². The van der Waals surface area contributed by atoms with Gasteiger partial charge in [0.25, 0.3) is 0 Å². The van der Waals surface area contributed by atoms with Crippen molar-refractivity contribution in [1.29, 1.82) is 0 Å². The Labute approximate surface area is 116 Å². The molecule has 7 heteroatoms. The standard InChI is InChI=1S/C13H17N2O5/c16-7-10(18)6-14-13(20)12(15-11(19)8-17)9-4-2-1-3-5-9/h1-5,10,12,16,18H,6-8H2,(H,14,20)(H,15,19)/t10?,12-/m1/s1. The maximum atomic E-state index is 12.0. The molecule has 0 aliphatic heterocycles. The van der Waals surface area contributed by atoms with Crippen LogP contribution < -0.4 is 10.6 Å². The van der Waals surface area contributed by atoms with Gasteiger partial charge in [0.05, 0.1) is 12.7 Å². The summed E-state index contributed by atoms with van der Waals surface area (Å²) in [6.07, 6.45) is -1.08. The summed E-state index contributed by atoms with van der Waals surface area (Å²) in [6, 6.07) is 7.41. The lowest BCUT2D eigenvalue weighted by Gasteiger charge is -2.19. The van der Waals surface area contributed by atoms with Crippen LogP contribution in [0.25, 0.3) is 0 Å². The molecule has 0 fully saturated rings. The Hall–Kier alpha value is -1.96. The maximum absolute atomic E-state index is 12.0. The zero-order valence-corrected chi connectivity index (χ0v) is 10.8. The van der Waals surface area contributed by atoms with Gasteiger partial charge in [-0.3, -0.25) is 9.59 Å². The molecular weight excluding hydrogens is 264 g/mol. The lowest BCUT2D eigenvalue weighted by Crippen LogP contribution is -2.43. The third-order valence-corrected chi connectivity index (χ3v) is 2.55. The van der Waals surface area contributed by atoms with E-state index >= 15 is 0 Å². The lowest BCUT2D eigenvalue weighted by atomic mass is 10.1. The Bertz CT molecular complexity index is 438. The fourth-order valence-electron chi connectivity index (χ4n) is 1.53. The Morgan fingerprint density at radius 1 is 1.20 bits per heavy atom. The fourth-order valence-corrected chi connectivity index (χ4v) is 1.53. The van der Waals surface area contributed by atoms with Crippen LogP contribution in [-0.4, -0.2) is 47.9 Å². The molecule has 1 aromatic carbocycles. The first kappa shape index (κ1) is 16.1. The van der Waals surface area contributed by atoms with Gasteiger partial charge in [-0.2, -0.15) is 0 Å². The quantitative estimate of drug-likeness (QED) is 0.499. The molecule has 0 saturated carbocycles. The molecule has 4 N–H and O–H groups in total. The summed E-state index contributed by atoms with van der Waals surface area (Å²) in [6.45, 7) is -1.61. The Morgan fingerprint density at radius 3 is 2.40 bits per heavy atom. The minimum absolute atomic E-state index is 0.147. The highest BCUT2D eigenvalue weighted by molar-refractivity contribution is 5.88. The highest BCUT2D eigenvalue weighted by atomic mass is 16.3.